The summed E-state index contributed by atoms with van der Waals surface area (Å²) in [6.07, 6.45) is 8.09. The molecule has 0 bridgehead atoms. The van der Waals surface area contributed by atoms with Crippen LogP contribution in [0.1, 0.15) is 71.6 Å². The molecule has 0 aromatic heterocycles. The van der Waals surface area contributed by atoms with Crippen LogP contribution in [0.25, 0.3) is 0 Å². The molecule has 0 rings (SSSR count). The summed E-state index contributed by atoms with van der Waals surface area (Å²) >= 11 is 0. The number of aliphatic hydroxyl groups is 1. The Morgan fingerprint density at radius 3 is 1.79 bits per heavy atom. The molecular formula is C13H27KO4S. The number of unbranched alkanes of at least 4 members (excludes halogenated alkanes) is 7. The molecule has 2 atom stereocenters. The van der Waals surface area contributed by atoms with Crippen molar-refractivity contribution in [3.63, 3.8) is 0 Å². The van der Waals surface area contributed by atoms with Crippen molar-refractivity contribution in [3.05, 3.63) is 0 Å². The summed E-state index contributed by atoms with van der Waals surface area (Å²) < 4.78 is 32.7. The molecule has 0 aliphatic rings. The second-order valence-corrected chi connectivity index (χ2v) is 6.63. The van der Waals surface area contributed by atoms with Crippen molar-refractivity contribution in [1.82, 2.24) is 0 Å². The summed E-state index contributed by atoms with van der Waals surface area (Å²) in [4.78, 5) is 0. The van der Waals surface area contributed by atoms with Gasteiger partial charge in [-0.1, -0.05) is 58.3 Å². The number of hydrogen-bond donors (Lipinski definition) is 1. The Hall–Kier alpha value is 1.51. The van der Waals surface area contributed by atoms with Crippen molar-refractivity contribution in [2.45, 2.75) is 83.0 Å². The maximum atomic E-state index is 10.9. The van der Waals surface area contributed by atoms with Gasteiger partial charge in [-0.3, -0.25) is 0 Å². The maximum absolute atomic E-state index is 10.9. The molecule has 0 aliphatic heterocycles. The van der Waals surface area contributed by atoms with Crippen LogP contribution in [0.4, 0.5) is 0 Å². The molecule has 0 heterocycles. The minimum absolute atomic E-state index is 0. The molecule has 0 fully saturated rings. The van der Waals surface area contributed by atoms with Crippen LogP contribution in [-0.2, 0) is 10.1 Å². The van der Waals surface area contributed by atoms with Crippen LogP contribution in [0, 0.1) is 0 Å². The average molecular weight is 319 g/mol. The number of aliphatic hydroxyl groups excluding tert-OH is 1. The molecule has 110 valence electrons. The average Bonchev–Trinajstić information content (AvgIpc) is 2.24. The van der Waals surface area contributed by atoms with Crippen LogP contribution in [0.5, 0.6) is 0 Å². The number of hydrogen-bond acceptors (Lipinski definition) is 4. The quantitative estimate of drug-likeness (QED) is 0.326. The molecule has 1 N–H and O–H groups in total. The van der Waals surface area contributed by atoms with Gasteiger partial charge in [-0.15, -0.1) is 0 Å². The Bertz CT molecular complexity index is 291. The van der Waals surface area contributed by atoms with E-state index in [0.29, 0.717) is 6.42 Å². The van der Waals surface area contributed by atoms with Crippen molar-refractivity contribution in [1.29, 1.82) is 0 Å². The van der Waals surface area contributed by atoms with Crippen molar-refractivity contribution in [2.75, 3.05) is 0 Å². The van der Waals surface area contributed by atoms with Crippen molar-refractivity contribution >= 4 is 10.1 Å². The van der Waals surface area contributed by atoms with E-state index in [1.54, 1.807) is 0 Å². The van der Waals surface area contributed by atoms with Gasteiger partial charge in [0.2, 0.25) is 0 Å². The van der Waals surface area contributed by atoms with Crippen molar-refractivity contribution < 1.29 is 69.5 Å². The largest absolute Gasteiger partial charge is 1.00 e. The summed E-state index contributed by atoms with van der Waals surface area (Å²) in [5.74, 6) is 0. The zero-order valence-corrected chi connectivity index (χ0v) is 16.5. The molecule has 0 aromatic carbocycles. The van der Waals surface area contributed by atoms with Gasteiger partial charge in [0.05, 0.1) is 11.4 Å². The third kappa shape index (κ3) is 12.9. The summed E-state index contributed by atoms with van der Waals surface area (Å²) in [6.45, 7) is 3.55. The van der Waals surface area contributed by atoms with E-state index in [4.69, 9.17) is 0 Å². The smallest absolute Gasteiger partial charge is 0.748 e. The zero-order chi connectivity index (χ0) is 14.0. The van der Waals surface area contributed by atoms with Gasteiger partial charge in [-0.05, 0) is 13.3 Å². The third-order valence-corrected chi connectivity index (χ3v) is 4.62. The molecule has 0 amide bonds. The predicted octanol–water partition coefficient (Wildman–Crippen LogP) is -0.184. The van der Waals surface area contributed by atoms with Gasteiger partial charge in [-0.2, -0.15) is 0 Å². The van der Waals surface area contributed by atoms with Gasteiger partial charge < -0.3 is 9.66 Å². The molecule has 0 radical (unpaired) electrons. The molecule has 0 spiro atoms. The molecule has 0 aromatic rings. The molecule has 2 unspecified atom stereocenters. The SMILES string of the molecule is CCCCCCCCCCC(C(C)O)S(=O)(=O)[O-].[K+]. The molecule has 0 aliphatic carbocycles. The van der Waals surface area contributed by atoms with E-state index in [2.05, 4.69) is 6.92 Å². The number of rotatable bonds is 11. The van der Waals surface area contributed by atoms with E-state index in [1.165, 1.54) is 39.0 Å². The first-order chi connectivity index (χ1) is 8.39. The van der Waals surface area contributed by atoms with E-state index >= 15 is 0 Å². The predicted molar refractivity (Wildman–Crippen MR) is 72.4 cm³/mol. The molecular weight excluding hydrogens is 291 g/mol. The topological polar surface area (TPSA) is 77.4 Å². The van der Waals surface area contributed by atoms with Crippen molar-refractivity contribution in [2.24, 2.45) is 0 Å². The van der Waals surface area contributed by atoms with Gasteiger partial charge in [0.25, 0.3) is 0 Å². The zero-order valence-electron chi connectivity index (χ0n) is 12.6. The van der Waals surface area contributed by atoms with Crippen LogP contribution < -0.4 is 51.4 Å². The normalized spacial score (nSPS) is 14.7. The molecule has 6 heteroatoms. The van der Waals surface area contributed by atoms with E-state index in [9.17, 15) is 18.1 Å². The molecule has 19 heavy (non-hydrogen) atoms. The minimum Gasteiger partial charge on any atom is -0.748 e. The Labute approximate surface area is 160 Å². The van der Waals surface area contributed by atoms with Crippen LogP contribution in [-0.4, -0.2) is 29.4 Å². The standard InChI is InChI=1S/C13H28O4S.K/c1-3-4-5-6-7-8-9-10-11-13(12(2)14)18(15,16)17;/h12-14H,3-11H2,1-2H3,(H,15,16,17);/q;+1/p-1. The van der Waals surface area contributed by atoms with Gasteiger partial charge in [0.1, 0.15) is 10.1 Å². The third-order valence-electron chi connectivity index (χ3n) is 3.25. The Morgan fingerprint density at radius 2 is 1.42 bits per heavy atom. The van der Waals surface area contributed by atoms with Crippen LogP contribution >= 0.6 is 0 Å². The van der Waals surface area contributed by atoms with E-state index < -0.39 is 21.5 Å². The van der Waals surface area contributed by atoms with Crippen LogP contribution in [0.15, 0.2) is 0 Å². The fourth-order valence-electron chi connectivity index (χ4n) is 2.11. The molecule has 0 saturated heterocycles. The Balaban J connectivity index is 0. The molecule has 4 nitrogen and oxygen atoms in total. The second-order valence-electron chi connectivity index (χ2n) is 5.04. The van der Waals surface area contributed by atoms with Gasteiger partial charge in [-0.25, -0.2) is 8.42 Å². The maximum Gasteiger partial charge on any atom is 1.00 e. The fraction of sp³-hybridized carbons (Fsp3) is 1.00. The second kappa shape index (κ2) is 13.2. The van der Waals surface area contributed by atoms with E-state index in [0.717, 1.165) is 12.8 Å². The van der Waals surface area contributed by atoms with Crippen LogP contribution in [0.2, 0.25) is 0 Å². The summed E-state index contributed by atoms with van der Waals surface area (Å²) in [7, 11) is -4.37. The van der Waals surface area contributed by atoms with E-state index in [1.807, 2.05) is 0 Å². The Kier molecular flexibility index (Phi) is 15.8. The van der Waals surface area contributed by atoms with Crippen LogP contribution in [0.3, 0.4) is 0 Å². The summed E-state index contributed by atoms with van der Waals surface area (Å²) in [5.41, 5.74) is 0. The first kappa shape index (κ1) is 22.8. The first-order valence-electron chi connectivity index (χ1n) is 7.02. The summed E-state index contributed by atoms with van der Waals surface area (Å²) in [5, 5.41) is 8.13. The Morgan fingerprint density at radius 1 is 1.00 bits per heavy atom. The monoisotopic (exact) mass is 318 g/mol. The van der Waals surface area contributed by atoms with E-state index in [-0.39, 0.29) is 57.8 Å². The van der Waals surface area contributed by atoms with Crippen molar-refractivity contribution in [3.8, 4) is 0 Å². The van der Waals surface area contributed by atoms with Gasteiger partial charge in [0.15, 0.2) is 0 Å². The first-order valence-corrected chi connectivity index (χ1v) is 8.49. The fourth-order valence-corrected chi connectivity index (χ4v) is 3.04. The molecule has 0 saturated carbocycles. The minimum atomic E-state index is -4.37. The van der Waals surface area contributed by atoms with Gasteiger partial charge >= 0.3 is 51.4 Å². The summed E-state index contributed by atoms with van der Waals surface area (Å²) in [6, 6.07) is 0. The van der Waals surface area contributed by atoms with Gasteiger partial charge in [0, 0.05) is 0 Å².